The molecule has 0 bridgehead atoms. The van der Waals surface area contributed by atoms with Crippen LogP contribution in [0.3, 0.4) is 0 Å². The van der Waals surface area contributed by atoms with E-state index in [1.165, 1.54) is 0 Å². The summed E-state index contributed by atoms with van der Waals surface area (Å²) in [6, 6.07) is 15.1. The molecule has 1 saturated heterocycles. The quantitative estimate of drug-likeness (QED) is 0.660. The van der Waals surface area contributed by atoms with Crippen molar-refractivity contribution >= 4 is 28.3 Å². The molecule has 1 amide bonds. The molecule has 7 nitrogen and oxygen atoms in total. The van der Waals surface area contributed by atoms with Crippen molar-refractivity contribution in [2.24, 2.45) is 0 Å². The molecule has 31 heavy (non-hydrogen) atoms. The second kappa shape index (κ2) is 9.22. The first-order chi connectivity index (χ1) is 15.0. The number of rotatable bonds is 6. The van der Waals surface area contributed by atoms with Crippen molar-refractivity contribution in [3.63, 3.8) is 0 Å². The molecule has 7 heteroatoms. The van der Waals surface area contributed by atoms with E-state index in [2.05, 4.69) is 35.2 Å². The highest BCUT2D eigenvalue weighted by molar-refractivity contribution is 5.95. The van der Waals surface area contributed by atoms with Gasteiger partial charge in [0.15, 0.2) is 6.61 Å². The number of hydrogen-bond acceptors (Lipinski definition) is 6. The van der Waals surface area contributed by atoms with Crippen molar-refractivity contribution in [2.75, 3.05) is 57.2 Å². The first-order valence-electron chi connectivity index (χ1n) is 10.4. The Bertz CT molecular complexity index is 1060. The van der Waals surface area contributed by atoms with E-state index in [1.54, 1.807) is 31.4 Å². The number of methoxy groups -OCH3 is 1. The monoisotopic (exact) mass is 420 g/mol. The minimum absolute atomic E-state index is 0.0655. The van der Waals surface area contributed by atoms with Crippen LogP contribution in [0.2, 0.25) is 0 Å². The van der Waals surface area contributed by atoms with Crippen molar-refractivity contribution < 1.29 is 14.3 Å². The molecular formula is C24H28N4O3. The number of carbonyl (C=O) groups is 1. The molecule has 0 aliphatic carbocycles. The number of piperazine rings is 1. The maximum atomic E-state index is 12.3. The fourth-order valence-corrected chi connectivity index (χ4v) is 3.67. The number of nitrogens with zero attached hydrogens (tertiary/aromatic N) is 3. The SMILES string of the molecule is COc1ccc(OCC(=O)Nc2ccc3nc(N4CCN(C)CC4)cc(C)c3c2)cc1. The molecular weight excluding hydrogens is 392 g/mol. The fourth-order valence-electron chi connectivity index (χ4n) is 3.67. The molecule has 0 unspecified atom stereocenters. The summed E-state index contributed by atoms with van der Waals surface area (Å²) in [5.74, 6) is 2.16. The van der Waals surface area contributed by atoms with Crippen LogP contribution in [0.5, 0.6) is 11.5 Å². The maximum absolute atomic E-state index is 12.3. The van der Waals surface area contributed by atoms with Gasteiger partial charge in [-0.2, -0.15) is 0 Å². The summed E-state index contributed by atoms with van der Waals surface area (Å²) in [6.07, 6.45) is 0. The van der Waals surface area contributed by atoms with Crippen LogP contribution >= 0.6 is 0 Å². The van der Waals surface area contributed by atoms with Crippen molar-refractivity contribution in [3.8, 4) is 11.5 Å². The van der Waals surface area contributed by atoms with Gasteiger partial charge in [0.25, 0.3) is 5.91 Å². The van der Waals surface area contributed by atoms with Gasteiger partial charge in [-0.05, 0) is 68.1 Å². The Morgan fingerprint density at radius 2 is 1.74 bits per heavy atom. The van der Waals surface area contributed by atoms with Gasteiger partial charge in [-0.25, -0.2) is 4.98 Å². The molecule has 0 radical (unpaired) electrons. The van der Waals surface area contributed by atoms with Crippen molar-refractivity contribution in [3.05, 3.63) is 54.1 Å². The molecule has 1 fully saturated rings. The largest absolute Gasteiger partial charge is 0.497 e. The highest BCUT2D eigenvalue weighted by Crippen LogP contribution is 2.26. The number of amides is 1. The molecule has 1 aromatic heterocycles. The van der Waals surface area contributed by atoms with Gasteiger partial charge in [-0.3, -0.25) is 4.79 Å². The number of anilines is 2. The lowest BCUT2D eigenvalue weighted by molar-refractivity contribution is -0.118. The van der Waals surface area contributed by atoms with Crippen LogP contribution in [-0.2, 0) is 4.79 Å². The Balaban J connectivity index is 1.41. The van der Waals surface area contributed by atoms with E-state index in [1.807, 2.05) is 18.2 Å². The molecule has 4 rings (SSSR count). The Labute approximate surface area is 182 Å². The Morgan fingerprint density at radius 3 is 2.45 bits per heavy atom. The number of pyridine rings is 1. The van der Waals surface area contributed by atoms with E-state index in [-0.39, 0.29) is 12.5 Å². The third-order valence-electron chi connectivity index (χ3n) is 5.54. The second-order valence-corrected chi connectivity index (χ2v) is 7.83. The Kier molecular flexibility index (Phi) is 6.23. The van der Waals surface area contributed by atoms with Crippen LogP contribution in [0, 0.1) is 6.92 Å². The highest BCUT2D eigenvalue weighted by atomic mass is 16.5. The lowest BCUT2D eigenvalue weighted by Gasteiger charge is -2.33. The zero-order chi connectivity index (χ0) is 21.8. The normalized spacial score (nSPS) is 14.5. The molecule has 2 aromatic carbocycles. The van der Waals surface area contributed by atoms with Crippen molar-refractivity contribution in [1.29, 1.82) is 0 Å². The Morgan fingerprint density at radius 1 is 1.03 bits per heavy atom. The number of hydrogen-bond donors (Lipinski definition) is 1. The summed E-state index contributed by atoms with van der Waals surface area (Å²) < 4.78 is 10.7. The number of fused-ring (bicyclic) bond motifs is 1. The van der Waals surface area contributed by atoms with Gasteiger partial charge in [-0.1, -0.05) is 0 Å². The van der Waals surface area contributed by atoms with Crippen LogP contribution in [0.1, 0.15) is 5.56 Å². The summed E-state index contributed by atoms with van der Waals surface area (Å²) >= 11 is 0. The zero-order valence-electron chi connectivity index (χ0n) is 18.2. The lowest BCUT2D eigenvalue weighted by Crippen LogP contribution is -2.44. The van der Waals surface area contributed by atoms with Crippen LogP contribution in [0.25, 0.3) is 10.9 Å². The lowest BCUT2D eigenvalue weighted by atomic mass is 10.1. The highest BCUT2D eigenvalue weighted by Gasteiger charge is 2.16. The van der Waals surface area contributed by atoms with E-state index in [0.717, 1.165) is 59.9 Å². The van der Waals surface area contributed by atoms with Gasteiger partial charge in [0.1, 0.15) is 17.3 Å². The number of carbonyl (C=O) groups excluding carboxylic acids is 1. The van der Waals surface area contributed by atoms with Crippen molar-refractivity contribution in [1.82, 2.24) is 9.88 Å². The minimum Gasteiger partial charge on any atom is -0.497 e. The zero-order valence-corrected chi connectivity index (χ0v) is 18.2. The van der Waals surface area contributed by atoms with Crippen LogP contribution in [-0.4, -0.2) is 62.7 Å². The van der Waals surface area contributed by atoms with Gasteiger partial charge in [0.05, 0.1) is 12.6 Å². The van der Waals surface area contributed by atoms with Crippen LogP contribution in [0.4, 0.5) is 11.5 Å². The maximum Gasteiger partial charge on any atom is 0.262 e. The molecule has 3 aromatic rings. The summed E-state index contributed by atoms with van der Waals surface area (Å²) in [5.41, 5.74) is 2.80. The van der Waals surface area contributed by atoms with Gasteiger partial charge < -0.3 is 24.6 Å². The molecule has 0 saturated carbocycles. The number of likely N-dealkylation sites (N-methyl/N-ethyl adjacent to an activating group) is 1. The first-order valence-corrected chi connectivity index (χ1v) is 10.4. The number of aryl methyl sites for hydroxylation is 1. The predicted octanol–water partition coefficient (Wildman–Crippen LogP) is 3.32. The number of nitrogens with one attached hydrogen (secondary N) is 1. The predicted molar refractivity (Wildman–Crippen MR) is 123 cm³/mol. The average Bonchev–Trinajstić information content (AvgIpc) is 2.79. The van der Waals surface area contributed by atoms with Crippen molar-refractivity contribution in [2.45, 2.75) is 6.92 Å². The fraction of sp³-hybridized carbons (Fsp3) is 0.333. The molecule has 2 heterocycles. The summed E-state index contributed by atoms with van der Waals surface area (Å²) in [4.78, 5) is 21.8. The second-order valence-electron chi connectivity index (χ2n) is 7.83. The van der Waals surface area contributed by atoms with E-state index in [9.17, 15) is 4.79 Å². The van der Waals surface area contributed by atoms with Gasteiger partial charge >= 0.3 is 0 Å². The summed E-state index contributed by atoms with van der Waals surface area (Å²) in [6.45, 7) is 6.07. The van der Waals surface area contributed by atoms with Gasteiger partial charge in [-0.15, -0.1) is 0 Å². The summed E-state index contributed by atoms with van der Waals surface area (Å²) in [7, 11) is 3.76. The molecule has 162 valence electrons. The molecule has 0 atom stereocenters. The molecule has 1 N–H and O–H groups in total. The number of benzene rings is 2. The molecule has 1 aliphatic rings. The third-order valence-corrected chi connectivity index (χ3v) is 5.54. The minimum atomic E-state index is -0.213. The first kappa shape index (κ1) is 20.9. The average molecular weight is 421 g/mol. The van der Waals surface area contributed by atoms with Crippen LogP contribution < -0.4 is 19.7 Å². The van der Waals surface area contributed by atoms with Crippen LogP contribution in [0.15, 0.2) is 48.5 Å². The van der Waals surface area contributed by atoms with E-state index in [0.29, 0.717) is 5.75 Å². The van der Waals surface area contributed by atoms with Gasteiger partial charge in [0.2, 0.25) is 0 Å². The molecule has 1 aliphatic heterocycles. The third kappa shape index (κ3) is 5.06. The topological polar surface area (TPSA) is 66.9 Å². The Hall–Kier alpha value is -3.32. The standard InChI is InChI=1S/C24H28N4O3/c1-17-14-23(28-12-10-27(2)11-13-28)26-22-9-4-18(15-21(17)22)25-24(29)16-31-20-7-5-19(30-3)6-8-20/h4-9,14-15H,10-13,16H2,1-3H3,(H,25,29). The van der Waals surface area contributed by atoms with E-state index < -0.39 is 0 Å². The number of aromatic nitrogens is 1. The number of ether oxygens (including phenoxy) is 2. The van der Waals surface area contributed by atoms with Gasteiger partial charge in [0, 0.05) is 37.3 Å². The van der Waals surface area contributed by atoms with E-state index >= 15 is 0 Å². The smallest absolute Gasteiger partial charge is 0.262 e. The van der Waals surface area contributed by atoms with E-state index in [4.69, 9.17) is 14.5 Å². The molecule has 0 spiro atoms. The summed E-state index contributed by atoms with van der Waals surface area (Å²) in [5, 5.41) is 3.94.